The smallest absolute Gasteiger partial charge is 0.478 e. The first-order chi connectivity index (χ1) is 16.8. The third-order valence-electron chi connectivity index (χ3n) is 5.43. The predicted octanol–water partition coefficient (Wildman–Crippen LogP) is 5.94. The summed E-state index contributed by atoms with van der Waals surface area (Å²) >= 11 is 0. The van der Waals surface area contributed by atoms with Crippen molar-refractivity contribution in [1.29, 1.82) is 0 Å². The third kappa shape index (κ3) is 6.83. The van der Waals surface area contributed by atoms with E-state index in [9.17, 15) is 18.0 Å². The maximum atomic E-state index is 12.9. The number of aromatic carboxylic acids is 1. The molecule has 0 saturated heterocycles. The summed E-state index contributed by atoms with van der Waals surface area (Å²) in [5.74, 6) is -0.488. The van der Waals surface area contributed by atoms with Crippen LogP contribution in [0.4, 0.5) is 13.2 Å². The highest BCUT2D eigenvalue weighted by atomic mass is 19.4. The number of aromatic nitrogens is 1. The molecule has 1 N–H and O–H groups in total. The summed E-state index contributed by atoms with van der Waals surface area (Å²) in [4.78, 5) is 10.9. The second kappa shape index (κ2) is 10.9. The molecule has 0 radical (unpaired) electrons. The highest BCUT2D eigenvalue weighted by molar-refractivity contribution is 5.87. The van der Waals surface area contributed by atoms with Crippen LogP contribution in [-0.2, 0) is 22.7 Å². The van der Waals surface area contributed by atoms with E-state index in [0.29, 0.717) is 37.6 Å². The Kier molecular flexibility index (Phi) is 7.72. The van der Waals surface area contributed by atoms with E-state index in [2.05, 4.69) is 9.89 Å². The molecule has 1 aliphatic rings. The van der Waals surface area contributed by atoms with Crippen molar-refractivity contribution in [1.82, 2.24) is 5.16 Å². The van der Waals surface area contributed by atoms with Gasteiger partial charge in [-0.05, 0) is 49.1 Å². The van der Waals surface area contributed by atoms with Crippen molar-refractivity contribution in [2.45, 2.75) is 44.8 Å². The monoisotopic (exact) mass is 491 g/mol. The molecule has 0 bridgehead atoms. The molecule has 1 heterocycles. The highest BCUT2D eigenvalue weighted by Crippen LogP contribution is 2.45. The number of halogens is 3. The molecule has 3 aromatic rings. The lowest BCUT2D eigenvalue weighted by Gasteiger charge is -2.13. The Hall–Kier alpha value is -3.37. The number of benzene rings is 2. The number of carboxylic acids is 1. The third-order valence-corrected chi connectivity index (χ3v) is 5.43. The van der Waals surface area contributed by atoms with Gasteiger partial charge in [-0.2, -0.15) is 0 Å². The van der Waals surface area contributed by atoms with E-state index in [0.717, 1.165) is 18.4 Å². The summed E-state index contributed by atoms with van der Waals surface area (Å²) in [6, 6.07) is 12.3. The molecule has 4 rings (SSSR count). The summed E-state index contributed by atoms with van der Waals surface area (Å²) in [6.45, 7) is 1.28. The summed E-state index contributed by atoms with van der Waals surface area (Å²) in [7, 11) is 0. The average Bonchev–Trinajstić information content (AvgIpc) is 3.58. The Morgan fingerprint density at radius 2 is 1.71 bits per heavy atom. The first-order valence-corrected chi connectivity index (χ1v) is 11.1. The predicted molar refractivity (Wildman–Crippen MR) is 118 cm³/mol. The van der Waals surface area contributed by atoms with Crippen molar-refractivity contribution in [3.63, 3.8) is 0 Å². The lowest BCUT2D eigenvalue weighted by Crippen LogP contribution is -2.17. The molecule has 0 aliphatic heterocycles. The lowest BCUT2D eigenvalue weighted by molar-refractivity contribution is -0.274. The van der Waals surface area contributed by atoms with Crippen LogP contribution in [0.2, 0.25) is 0 Å². The fraction of sp³-hybridized carbons (Fsp3) is 0.360. The first-order valence-electron chi connectivity index (χ1n) is 11.1. The van der Waals surface area contributed by atoms with Gasteiger partial charge in [-0.25, -0.2) is 4.79 Å². The van der Waals surface area contributed by atoms with Crippen LogP contribution in [0.15, 0.2) is 53.1 Å². The largest absolute Gasteiger partial charge is 0.573 e. The Morgan fingerprint density at radius 3 is 2.37 bits per heavy atom. The normalized spacial score (nSPS) is 13.7. The minimum atomic E-state index is -4.83. The Labute approximate surface area is 199 Å². The van der Waals surface area contributed by atoms with Crippen LogP contribution < -0.4 is 4.74 Å². The molecule has 35 heavy (non-hydrogen) atoms. The van der Waals surface area contributed by atoms with Gasteiger partial charge in [0.05, 0.1) is 18.8 Å². The highest BCUT2D eigenvalue weighted by Gasteiger charge is 2.35. The zero-order chi connectivity index (χ0) is 24.8. The van der Waals surface area contributed by atoms with E-state index < -0.39 is 12.3 Å². The van der Waals surface area contributed by atoms with Gasteiger partial charge in [-0.1, -0.05) is 29.4 Å². The Balaban J connectivity index is 1.31. The molecule has 7 nitrogen and oxygen atoms in total. The van der Waals surface area contributed by atoms with Gasteiger partial charge in [-0.3, -0.25) is 0 Å². The average molecular weight is 491 g/mol. The maximum absolute atomic E-state index is 12.9. The van der Waals surface area contributed by atoms with Crippen molar-refractivity contribution in [2.75, 3.05) is 13.2 Å². The minimum Gasteiger partial charge on any atom is -0.478 e. The zero-order valence-electron chi connectivity index (χ0n) is 18.7. The van der Waals surface area contributed by atoms with E-state index >= 15 is 0 Å². The quantitative estimate of drug-likeness (QED) is 0.314. The second-order valence-electron chi connectivity index (χ2n) is 8.15. The van der Waals surface area contributed by atoms with Crippen molar-refractivity contribution < 1.29 is 41.8 Å². The minimum absolute atomic E-state index is 0.141. The Bertz CT molecular complexity index is 1140. The second-order valence-corrected chi connectivity index (χ2v) is 8.15. The number of alkyl halides is 3. The van der Waals surface area contributed by atoms with Crippen LogP contribution in [0, 0.1) is 0 Å². The van der Waals surface area contributed by atoms with E-state index in [-0.39, 0.29) is 35.1 Å². The van der Waals surface area contributed by atoms with E-state index in [1.54, 1.807) is 18.2 Å². The number of para-hydroxylation sites is 1. The fourth-order valence-corrected chi connectivity index (χ4v) is 3.59. The topological polar surface area (TPSA) is 91.0 Å². The van der Waals surface area contributed by atoms with Crippen LogP contribution in [-0.4, -0.2) is 35.8 Å². The van der Waals surface area contributed by atoms with Crippen molar-refractivity contribution in [2.24, 2.45) is 0 Å². The van der Waals surface area contributed by atoms with E-state index in [1.165, 1.54) is 30.3 Å². The lowest BCUT2D eigenvalue weighted by atomic mass is 10.0. The molecule has 186 valence electrons. The fourth-order valence-electron chi connectivity index (χ4n) is 3.59. The molecule has 1 fully saturated rings. The van der Waals surface area contributed by atoms with Crippen LogP contribution in [0.3, 0.4) is 0 Å². The first kappa shape index (κ1) is 24.7. The number of rotatable bonds is 12. The van der Waals surface area contributed by atoms with Crippen molar-refractivity contribution in [3.05, 3.63) is 71.0 Å². The zero-order valence-corrected chi connectivity index (χ0v) is 18.7. The van der Waals surface area contributed by atoms with Gasteiger partial charge in [0.25, 0.3) is 0 Å². The molecule has 10 heteroatoms. The van der Waals surface area contributed by atoms with Crippen LogP contribution >= 0.6 is 0 Å². The van der Waals surface area contributed by atoms with E-state index in [1.807, 2.05) is 0 Å². The molecule has 0 atom stereocenters. The molecule has 0 spiro atoms. The van der Waals surface area contributed by atoms with Crippen LogP contribution in [0.5, 0.6) is 5.75 Å². The summed E-state index contributed by atoms with van der Waals surface area (Å²) in [5.41, 5.74) is 2.18. The van der Waals surface area contributed by atoms with Crippen LogP contribution in [0.25, 0.3) is 11.3 Å². The van der Waals surface area contributed by atoms with Gasteiger partial charge >= 0.3 is 12.3 Å². The summed E-state index contributed by atoms with van der Waals surface area (Å²) < 4.78 is 59.7. The summed E-state index contributed by atoms with van der Waals surface area (Å²) in [5, 5.41) is 13.0. The number of hydrogen-bond donors (Lipinski definition) is 1. The number of hydrogen-bond acceptors (Lipinski definition) is 6. The molecular weight excluding hydrogens is 467 g/mol. The van der Waals surface area contributed by atoms with Gasteiger partial charge in [0.15, 0.2) is 0 Å². The molecule has 1 aromatic heterocycles. The molecule has 1 saturated carbocycles. The number of carboxylic acid groups (broad SMARTS) is 1. The molecular formula is C25H24F3NO6. The van der Waals surface area contributed by atoms with Gasteiger partial charge < -0.3 is 23.8 Å². The van der Waals surface area contributed by atoms with Gasteiger partial charge in [0.2, 0.25) is 0 Å². The molecule has 1 aliphatic carbocycles. The number of nitrogens with zero attached hydrogens (tertiary/aromatic N) is 1. The SMILES string of the molecule is O=C(O)c1ccc(COCCCOCc2c(-c3ccccc3OC(F)(F)F)noc2C2CC2)cc1. The van der Waals surface area contributed by atoms with Crippen molar-refractivity contribution >= 4 is 5.97 Å². The summed E-state index contributed by atoms with van der Waals surface area (Å²) in [6.07, 6.45) is -2.36. The maximum Gasteiger partial charge on any atom is 0.573 e. The molecule has 2 aromatic carbocycles. The van der Waals surface area contributed by atoms with Crippen LogP contribution in [0.1, 0.15) is 52.4 Å². The van der Waals surface area contributed by atoms with Gasteiger partial charge in [-0.15, -0.1) is 13.2 Å². The van der Waals surface area contributed by atoms with Gasteiger partial charge in [0.1, 0.15) is 17.2 Å². The van der Waals surface area contributed by atoms with Crippen molar-refractivity contribution in [3.8, 4) is 17.0 Å². The van der Waals surface area contributed by atoms with Gasteiger partial charge in [0, 0.05) is 30.3 Å². The van der Waals surface area contributed by atoms with E-state index in [4.69, 9.17) is 19.1 Å². The standard InChI is InChI=1S/C25H24F3NO6/c26-25(27,28)34-21-5-2-1-4-19(21)22-20(23(35-29-22)17-10-11-17)15-33-13-3-12-32-14-16-6-8-18(9-7-16)24(30)31/h1-2,4-9,17H,3,10-15H2,(H,30,31). The Morgan fingerprint density at radius 1 is 1.03 bits per heavy atom. The number of carbonyl (C=O) groups is 1. The molecule has 0 unspecified atom stereocenters. The number of ether oxygens (including phenoxy) is 3. The molecule has 0 amide bonds.